The molecule has 2 saturated carbocycles. The molecule has 0 radical (unpaired) electrons. The summed E-state index contributed by atoms with van der Waals surface area (Å²) >= 11 is 6.25. The summed E-state index contributed by atoms with van der Waals surface area (Å²) in [7, 11) is 0. The van der Waals surface area contributed by atoms with Gasteiger partial charge < -0.3 is 5.32 Å². The fraction of sp³-hybridized carbons (Fsp3) is 0.562. The highest BCUT2D eigenvalue weighted by molar-refractivity contribution is 6.36. The van der Waals surface area contributed by atoms with Crippen molar-refractivity contribution in [2.75, 3.05) is 0 Å². The third-order valence-corrected chi connectivity index (χ3v) is 5.70. The van der Waals surface area contributed by atoms with Crippen LogP contribution in [0.25, 0.3) is 5.65 Å². The molecule has 4 unspecified atom stereocenters. The lowest BCUT2D eigenvalue weighted by atomic mass is 9.84. The van der Waals surface area contributed by atoms with Crippen molar-refractivity contribution in [2.24, 2.45) is 17.8 Å². The molecule has 2 aliphatic rings. The quantitative estimate of drug-likeness (QED) is 0.946. The summed E-state index contributed by atoms with van der Waals surface area (Å²) in [5.41, 5.74) is 0.775. The van der Waals surface area contributed by atoms with Crippen LogP contribution < -0.4 is 5.32 Å². The van der Waals surface area contributed by atoms with Crippen LogP contribution in [0.1, 0.15) is 43.1 Å². The first kappa shape index (κ1) is 14.0. The molecule has 4 rings (SSSR count). The van der Waals surface area contributed by atoms with Gasteiger partial charge in [-0.3, -0.25) is 4.79 Å². The molecule has 6 heteroatoms. The standard InChI is InChI=1S/C16H19ClN4O/c1-9(12-8-10-3-4-11(12)7-10)19-16(22)14-13(17)15-18-5-2-6-21(15)20-14/h2,5-6,9-12H,3-4,7-8H2,1H3,(H,19,22). The van der Waals surface area contributed by atoms with Crippen LogP contribution in [-0.4, -0.2) is 26.5 Å². The number of hydrogen-bond acceptors (Lipinski definition) is 3. The van der Waals surface area contributed by atoms with Crippen molar-refractivity contribution in [3.05, 3.63) is 29.2 Å². The van der Waals surface area contributed by atoms with Crippen LogP contribution in [0.15, 0.2) is 18.5 Å². The molecule has 2 aromatic heterocycles. The normalized spacial score (nSPS) is 28.2. The largest absolute Gasteiger partial charge is 0.348 e. The fourth-order valence-electron chi connectivity index (χ4n) is 4.29. The van der Waals surface area contributed by atoms with Crippen molar-refractivity contribution in [3.8, 4) is 0 Å². The highest BCUT2D eigenvalue weighted by atomic mass is 35.5. The summed E-state index contributed by atoms with van der Waals surface area (Å²) in [5, 5.41) is 7.67. The van der Waals surface area contributed by atoms with E-state index in [0.717, 1.165) is 11.8 Å². The van der Waals surface area contributed by atoms with Gasteiger partial charge in [0.15, 0.2) is 11.3 Å². The molecule has 0 aliphatic heterocycles. The second-order valence-electron chi connectivity index (χ2n) is 6.65. The lowest BCUT2D eigenvalue weighted by Gasteiger charge is -2.28. The number of rotatable bonds is 3. The second-order valence-corrected chi connectivity index (χ2v) is 7.03. The van der Waals surface area contributed by atoms with Gasteiger partial charge in [0.05, 0.1) is 0 Å². The van der Waals surface area contributed by atoms with E-state index in [9.17, 15) is 4.79 Å². The smallest absolute Gasteiger partial charge is 0.273 e. The molecule has 1 N–H and O–H groups in total. The molecule has 2 heterocycles. The van der Waals surface area contributed by atoms with E-state index in [1.54, 1.807) is 23.0 Å². The van der Waals surface area contributed by atoms with Gasteiger partial charge in [-0.2, -0.15) is 5.10 Å². The van der Waals surface area contributed by atoms with Gasteiger partial charge in [0.2, 0.25) is 0 Å². The van der Waals surface area contributed by atoms with E-state index >= 15 is 0 Å². The first-order chi connectivity index (χ1) is 10.6. The number of hydrogen-bond donors (Lipinski definition) is 1. The van der Waals surface area contributed by atoms with Gasteiger partial charge in [-0.05, 0) is 50.0 Å². The van der Waals surface area contributed by atoms with E-state index in [0.29, 0.717) is 16.6 Å². The third-order valence-electron chi connectivity index (χ3n) is 5.35. The van der Waals surface area contributed by atoms with Crippen molar-refractivity contribution >= 4 is 23.2 Å². The van der Waals surface area contributed by atoms with Gasteiger partial charge >= 0.3 is 0 Å². The Morgan fingerprint density at radius 2 is 2.32 bits per heavy atom. The molecule has 2 fully saturated rings. The zero-order valence-corrected chi connectivity index (χ0v) is 13.3. The molecule has 4 atom stereocenters. The van der Waals surface area contributed by atoms with Crippen LogP contribution in [0.4, 0.5) is 0 Å². The van der Waals surface area contributed by atoms with E-state index in [1.807, 2.05) is 0 Å². The average Bonchev–Trinajstić information content (AvgIpc) is 3.22. The average molecular weight is 319 g/mol. The predicted octanol–water partition coefficient (Wildman–Crippen LogP) is 2.94. The summed E-state index contributed by atoms with van der Waals surface area (Å²) in [4.78, 5) is 16.7. The van der Waals surface area contributed by atoms with Crippen LogP contribution in [-0.2, 0) is 0 Å². The van der Waals surface area contributed by atoms with Crippen molar-refractivity contribution < 1.29 is 4.79 Å². The van der Waals surface area contributed by atoms with Gasteiger partial charge in [0, 0.05) is 18.4 Å². The summed E-state index contributed by atoms with van der Waals surface area (Å²) in [6, 6.07) is 1.92. The minimum absolute atomic E-state index is 0.164. The Morgan fingerprint density at radius 3 is 3.00 bits per heavy atom. The Balaban J connectivity index is 1.52. The zero-order valence-electron chi connectivity index (χ0n) is 12.5. The van der Waals surface area contributed by atoms with Crippen LogP contribution in [0.5, 0.6) is 0 Å². The monoisotopic (exact) mass is 318 g/mol. The summed E-state index contributed by atoms with van der Waals surface area (Å²) in [6.45, 7) is 2.10. The number of aromatic nitrogens is 3. The van der Waals surface area contributed by atoms with Gasteiger partial charge in [0.25, 0.3) is 5.91 Å². The summed E-state index contributed by atoms with van der Waals surface area (Å²) in [5.74, 6) is 2.04. The second kappa shape index (κ2) is 5.23. The lowest BCUT2D eigenvalue weighted by molar-refractivity contribution is 0.0910. The topological polar surface area (TPSA) is 59.3 Å². The third kappa shape index (κ3) is 2.19. The number of amides is 1. The van der Waals surface area contributed by atoms with Gasteiger partial charge in [-0.1, -0.05) is 18.0 Å². The number of carbonyl (C=O) groups excluding carboxylic acids is 1. The van der Waals surface area contributed by atoms with E-state index in [-0.39, 0.29) is 17.6 Å². The van der Waals surface area contributed by atoms with Crippen LogP contribution in [0.3, 0.4) is 0 Å². The van der Waals surface area contributed by atoms with Gasteiger partial charge in [0.1, 0.15) is 5.02 Å². The Bertz CT molecular complexity index is 728. The van der Waals surface area contributed by atoms with Gasteiger partial charge in [-0.15, -0.1) is 0 Å². The molecule has 0 spiro atoms. The predicted molar refractivity (Wildman–Crippen MR) is 83.9 cm³/mol. The summed E-state index contributed by atoms with van der Waals surface area (Å²) < 4.78 is 1.54. The lowest BCUT2D eigenvalue weighted by Crippen LogP contribution is -2.40. The number of fused-ring (bicyclic) bond motifs is 3. The maximum atomic E-state index is 12.5. The van der Waals surface area contributed by atoms with Crippen molar-refractivity contribution in [1.82, 2.24) is 19.9 Å². The van der Waals surface area contributed by atoms with Crippen molar-refractivity contribution in [2.45, 2.75) is 38.6 Å². The first-order valence-corrected chi connectivity index (χ1v) is 8.31. The Labute approximate surface area is 134 Å². The first-order valence-electron chi connectivity index (χ1n) is 7.93. The number of nitrogens with zero attached hydrogens (tertiary/aromatic N) is 3. The van der Waals surface area contributed by atoms with E-state index in [4.69, 9.17) is 11.6 Å². The zero-order chi connectivity index (χ0) is 15.3. The van der Waals surface area contributed by atoms with E-state index in [1.165, 1.54) is 25.7 Å². The molecule has 1 amide bonds. The SMILES string of the molecule is CC(NC(=O)c1nn2cccnc2c1Cl)C1CC2CCC1C2. The fourth-order valence-corrected chi connectivity index (χ4v) is 4.55. The van der Waals surface area contributed by atoms with Crippen LogP contribution in [0.2, 0.25) is 5.02 Å². The molecule has 2 aliphatic carbocycles. The van der Waals surface area contributed by atoms with Crippen LogP contribution in [0, 0.1) is 17.8 Å². The molecule has 0 saturated heterocycles. The molecule has 0 aromatic carbocycles. The number of carbonyl (C=O) groups is 1. The highest BCUT2D eigenvalue weighted by Gasteiger charge is 2.42. The van der Waals surface area contributed by atoms with E-state index < -0.39 is 0 Å². The maximum Gasteiger partial charge on any atom is 0.273 e. The Hall–Kier alpha value is -1.62. The molecule has 116 valence electrons. The Morgan fingerprint density at radius 1 is 1.45 bits per heavy atom. The molecular weight excluding hydrogens is 300 g/mol. The van der Waals surface area contributed by atoms with Crippen LogP contribution >= 0.6 is 11.6 Å². The molecular formula is C16H19ClN4O. The highest BCUT2D eigenvalue weighted by Crippen LogP contribution is 2.49. The maximum absolute atomic E-state index is 12.5. The molecule has 2 bridgehead atoms. The molecule has 2 aromatic rings. The minimum atomic E-state index is -0.203. The van der Waals surface area contributed by atoms with Gasteiger partial charge in [-0.25, -0.2) is 9.50 Å². The molecule has 22 heavy (non-hydrogen) atoms. The summed E-state index contributed by atoms with van der Waals surface area (Å²) in [6.07, 6.45) is 8.64. The number of nitrogens with one attached hydrogen (secondary N) is 1. The Kier molecular flexibility index (Phi) is 3.33. The van der Waals surface area contributed by atoms with E-state index in [2.05, 4.69) is 22.3 Å². The van der Waals surface area contributed by atoms with Crippen molar-refractivity contribution in [3.63, 3.8) is 0 Å². The van der Waals surface area contributed by atoms with Crippen molar-refractivity contribution in [1.29, 1.82) is 0 Å². The molecule has 5 nitrogen and oxygen atoms in total. The minimum Gasteiger partial charge on any atom is -0.348 e. The number of halogens is 1.